The summed E-state index contributed by atoms with van der Waals surface area (Å²) in [7, 11) is -5.98. The molecule has 0 amide bonds. The van der Waals surface area contributed by atoms with Crippen LogP contribution in [-0.4, -0.2) is 62.6 Å². The van der Waals surface area contributed by atoms with E-state index in [0.29, 0.717) is 0 Å². The Balaban J connectivity index is 1.83. The summed E-state index contributed by atoms with van der Waals surface area (Å²) in [6.45, 7) is -1.33. The fourth-order valence-electron chi connectivity index (χ4n) is 2.85. The summed E-state index contributed by atoms with van der Waals surface area (Å²) < 4.78 is 104. The molecule has 35 heavy (non-hydrogen) atoms. The summed E-state index contributed by atoms with van der Waals surface area (Å²) in [5.41, 5.74) is 4.16. The van der Waals surface area contributed by atoms with Crippen LogP contribution < -0.4 is 16.2 Å². The average Bonchev–Trinajstić information content (AvgIpc) is 3.28. The van der Waals surface area contributed by atoms with Crippen molar-refractivity contribution in [2.75, 3.05) is 12.3 Å². The fraction of sp³-hybridized carbons (Fsp3) is 0.500. The lowest BCUT2D eigenvalue weighted by Gasteiger charge is -2.25. The van der Waals surface area contributed by atoms with Gasteiger partial charge in [-0.15, -0.1) is 0 Å². The SMILES string of the molecule is Nc1nc2c(ncn2C2CC(OC(=O)C(F)(F)F)C(COP(=O)([O-])OC(=O)C(F)(F)F)O2)c(=O)[nH]1. The lowest BCUT2D eigenvalue weighted by Crippen LogP contribution is -2.36. The molecule has 1 saturated heterocycles. The predicted octanol–water partition coefficient (Wildman–Crippen LogP) is 0.0539. The molecule has 2 aromatic heterocycles. The van der Waals surface area contributed by atoms with E-state index in [2.05, 4.69) is 28.7 Å². The highest BCUT2D eigenvalue weighted by Gasteiger charge is 2.48. The minimum atomic E-state index is -5.98. The van der Waals surface area contributed by atoms with Crippen molar-refractivity contribution in [1.29, 1.82) is 0 Å². The summed E-state index contributed by atoms with van der Waals surface area (Å²) in [5, 5.41) is 0. The molecule has 0 aliphatic carbocycles. The highest BCUT2D eigenvalue weighted by atomic mass is 31.2. The molecule has 4 unspecified atom stereocenters. The highest BCUT2D eigenvalue weighted by Crippen LogP contribution is 2.43. The highest BCUT2D eigenvalue weighted by molar-refractivity contribution is 7.46. The van der Waals surface area contributed by atoms with E-state index in [4.69, 9.17) is 10.5 Å². The Morgan fingerprint density at radius 3 is 2.49 bits per heavy atom. The summed E-state index contributed by atoms with van der Waals surface area (Å²) in [6, 6.07) is 0. The number of hydrogen-bond donors (Lipinski definition) is 2. The second-order valence-electron chi connectivity index (χ2n) is 6.70. The Bertz CT molecular complexity index is 1240. The molecule has 1 aliphatic rings. The predicted molar refractivity (Wildman–Crippen MR) is 92.7 cm³/mol. The molecule has 0 aromatic carbocycles. The van der Waals surface area contributed by atoms with E-state index in [-0.39, 0.29) is 17.1 Å². The average molecular weight is 538 g/mol. The second-order valence-corrected chi connectivity index (χ2v) is 8.04. The van der Waals surface area contributed by atoms with Gasteiger partial charge in [-0.05, 0) is 0 Å². The van der Waals surface area contributed by atoms with Crippen LogP contribution in [-0.2, 0) is 32.7 Å². The van der Waals surface area contributed by atoms with Gasteiger partial charge in [0.15, 0.2) is 11.2 Å². The van der Waals surface area contributed by atoms with Crippen LogP contribution in [0.1, 0.15) is 12.6 Å². The van der Waals surface area contributed by atoms with Crippen LogP contribution in [0.5, 0.6) is 0 Å². The van der Waals surface area contributed by atoms with Gasteiger partial charge in [-0.3, -0.25) is 18.9 Å². The monoisotopic (exact) mass is 538 g/mol. The van der Waals surface area contributed by atoms with Gasteiger partial charge in [-0.2, -0.15) is 31.3 Å². The van der Waals surface area contributed by atoms with Gasteiger partial charge in [-0.25, -0.2) is 14.6 Å². The van der Waals surface area contributed by atoms with Gasteiger partial charge in [0, 0.05) is 6.42 Å². The third-order valence-corrected chi connectivity index (χ3v) is 5.11. The number of hydrogen-bond acceptors (Lipinski definition) is 12. The van der Waals surface area contributed by atoms with Crippen molar-refractivity contribution in [3.8, 4) is 0 Å². The summed E-state index contributed by atoms with van der Waals surface area (Å²) in [5.74, 6) is -6.21. The summed E-state index contributed by atoms with van der Waals surface area (Å²) in [6.07, 6.45) is -15.9. The van der Waals surface area contributed by atoms with Crippen molar-refractivity contribution in [2.24, 2.45) is 0 Å². The van der Waals surface area contributed by atoms with Crippen LogP contribution in [0.15, 0.2) is 11.1 Å². The summed E-state index contributed by atoms with van der Waals surface area (Å²) >= 11 is 0. The molecule has 3 rings (SSSR count). The van der Waals surface area contributed by atoms with Crippen LogP contribution in [0.25, 0.3) is 11.2 Å². The van der Waals surface area contributed by atoms with Crippen molar-refractivity contribution in [3.63, 3.8) is 0 Å². The zero-order valence-electron chi connectivity index (χ0n) is 16.5. The number of esters is 1. The van der Waals surface area contributed by atoms with Crippen molar-refractivity contribution >= 4 is 36.9 Å². The largest absolute Gasteiger partial charge is 0.746 e. The zero-order chi connectivity index (χ0) is 26.3. The van der Waals surface area contributed by atoms with E-state index < -0.39 is 69.1 Å². The molecule has 2 aromatic rings. The van der Waals surface area contributed by atoms with Gasteiger partial charge in [0.25, 0.3) is 5.56 Å². The number of halogens is 6. The smallest absolute Gasteiger partial charge is 0.491 e. The molecule has 4 atom stereocenters. The van der Waals surface area contributed by atoms with E-state index >= 15 is 0 Å². The normalized spacial score (nSPS) is 22.7. The number of aromatic nitrogens is 4. The number of nitrogen functional groups attached to an aromatic ring is 1. The fourth-order valence-corrected chi connectivity index (χ4v) is 3.54. The number of aromatic amines is 1. The molecule has 21 heteroatoms. The Kier molecular flexibility index (Phi) is 6.86. The molecule has 0 spiro atoms. The van der Waals surface area contributed by atoms with Crippen molar-refractivity contribution < 1.29 is 63.9 Å². The minimum Gasteiger partial charge on any atom is -0.746 e. The van der Waals surface area contributed by atoms with E-state index in [1.807, 2.05) is 0 Å². The number of imidazole rings is 1. The molecular formula is C14H11F6N5O9P-. The zero-order valence-corrected chi connectivity index (χ0v) is 17.4. The number of rotatable bonds is 6. The lowest BCUT2D eigenvalue weighted by atomic mass is 10.2. The quantitative estimate of drug-likeness (QED) is 0.285. The first-order chi connectivity index (χ1) is 16.0. The Morgan fingerprint density at radius 1 is 1.26 bits per heavy atom. The van der Waals surface area contributed by atoms with Crippen LogP contribution >= 0.6 is 7.82 Å². The van der Waals surface area contributed by atoms with Crippen LogP contribution in [0.2, 0.25) is 0 Å². The third-order valence-electron chi connectivity index (χ3n) is 4.25. The number of phosphoric ester groups is 1. The molecule has 0 bridgehead atoms. The van der Waals surface area contributed by atoms with Crippen LogP contribution in [0.3, 0.4) is 0 Å². The molecule has 0 radical (unpaired) electrons. The molecule has 194 valence electrons. The van der Waals surface area contributed by atoms with Gasteiger partial charge in [0.2, 0.25) is 5.95 Å². The van der Waals surface area contributed by atoms with Gasteiger partial charge in [0.1, 0.15) is 18.4 Å². The maximum Gasteiger partial charge on any atom is 0.491 e. The van der Waals surface area contributed by atoms with Gasteiger partial charge in [-0.1, -0.05) is 0 Å². The molecule has 14 nitrogen and oxygen atoms in total. The molecule has 1 fully saturated rings. The van der Waals surface area contributed by atoms with Crippen LogP contribution in [0, 0.1) is 0 Å². The second kappa shape index (κ2) is 9.10. The van der Waals surface area contributed by atoms with Crippen LogP contribution in [0.4, 0.5) is 32.3 Å². The topological polar surface area (TPSA) is 201 Å². The van der Waals surface area contributed by atoms with Crippen molar-refractivity contribution in [1.82, 2.24) is 19.5 Å². The van der Waals surface area contributed by atoms with Crippen molar-refractivity contribution in [2.45, 2.75) is 37.2 Å². The number of anilines is 1. The van der Waals surface area contributed by atoms with Gasteiger partial charge < -0.3 is 29.1 Å². The number of fused-ring (bicyclic) bond motifs is 1. The molecule has 0 saturated carbocycles. The maximum atomic E-state index is 12.6. The van der Waals surface area contributed by atoms with Gasteiger partial charge in [0.05, 0.1) is 12.9 Å². The number of phosphoric acid groups is 1. The lowest BCUT2D eigenvalue weighted by molar-refractivity contribution is -0.238. The third kappa shape index (κ3) is 6.08. The van der Waals surface area contributed by atoms with E-state index in [0.717, 1.165) is 10.9 Å². The molecular weight excluding hydrogens is 527 g/mol. The van der Waals surface area contributed by atoms with Gasteiger partial charge >= 0.3 is 32.1 Å². The van der Waals surface area contributed by atoms with E-state index in [9.17, 15) is 50.2 Å². The molecule has 3 N–H and O–H groups in total. The number of nitrogens with two attached hydrogens (primary N) is 1. The Labute approximate surface area is 187 Å². The number of carbonyl (C=O) groups is 2. The summed E-state index contributed by atoms with van der Waals surface area (Å²) in [4.78, 5) is 55.1. The standard InChI is InChI=1S/C14H12F6N5O9P/c15-13(16,17)10(27)33-4-1-6(25-3-22-7-8(25)23-12(21)24-9(7)26)32-5(4)2-31-35(29,30)34-11(28)14(18,19)20/h3-6H,1-2H2,(H,29,30)(H3,21,23,24,26)/p-1. The first-order valence-electron chi connectivity index (χ1n) is 8.90. The maximum absolute atomic E-state index is 12.6. The number of nitrogens with zero attached hydrogens (tertiary/aromatic N) is 3. The number of carbonyl (C=O) groups excluding carboxylic acids is 2. The first kappa shape index (κ1) is 26.4. The molecule has 3 heterocycles. The molecule has 1 aliphatic heterocycles. The van der Waals surface area contributed by atoms with E-state index in [1.165, 1.54) is 0 Å². The Hall–Kier alpha value is -3.22. The van der Waals surface area contributed by atoms with Crippen molar-refractivity contribution in [3.05, 3.63) is 16.7 Å². The van der Waals surface area contributed by atoms with E-state index in [1.54, 1.807) is 0 Å². The number of ether oxygens (including phenoxy) is 2. The number of alkyl halides is 6. The Morgan fingerprint density at radius 2 is 1.89 bits per heavy atom. The number of H-pyrrole nitrogens is 1. The minimum absolute atomic E-state index is 0.215. The first-order valence-corrected chi connectivity index (χ1v) is 10.4. The number of nitrogens with one attached hydrogen (secondary N) is 1.